The molecule has 0 saturated carbocycles. The SMILES string of the molecule is CC#N.O=C(CCl)c1ccc(Br)c(F)c1. The lowest BCUT2D eigenvalue weighted by molar-refractivity contribution is 0.102. The molecule has 0 saturated heterocycles. The molecular weight excluding hydrogens is 284 g/mol. The summed E-state index contributed by atoms with van der Waals surface area (Å²) in [5, 5.41) is 7.32. The number of hydrogen-bond acceptors (Lipinski definition) is 2. The van der Waals surface area contributed by atoms with Gasteiger partial charge in [0.05, 0.1) is 16.4 Å². The highest BCUT2D eigenvalue weighted by molar-refractivity contribution is 9.10. The van der Waals surface area contributed by atoms with Gasteiger partial charge < -0.3 is 0 Å². The van der Waals surface area contributed by atoms with Crippen LogP contribution in [0, 0.1) is 17.1 Å². The Balaban J connectivity index is 0.000000583. The minimum atomic E-state index is -0.453. The summed E-state index contributed by atoms with van der Waals surface area (Å²) in [5.41, 5.74) is 0.297. The zero-order valence-corrected chi connectivity index (χ0v) is 10.3. The molecular formula is C10H8BrClFNO. The molecule has 5 heteroatoms. The van der Waals surface area contributed by atoms with Gasteiger partial charge in [-0.25, -0.2) is 4.39 Å². The summed E-state index contributed by atoms with van der Waals surface area (Å²) < 4.78 is 13.2. The lowest BCUT2D eigenvalue weighted by Crippen LogP contribution is -2.00. The molecule has 0 aromatic heterocycles. The van der Waals surface area contributed by atoms with Crippen molar-refractivity contribution in [2.24, 2.45) is 0 Å². The zero-order valence-electron chi connectivity index (χ0n) is 7.93. The molecule has 0 aliphatic rings. The number of carbonyl (C=O) groups is 1. The summed E-state index contributed by atoms with van der Waals surface area (Å²) in [4.78, 5) is 11.0. The molecule has 0 radical (unpaired) electrons. The number of nitrogens with zero attached hydrogens (tertiary/aromatic N) is 1. The first kappa shape index (κ1) is 14.1. The second-order valence-electron chi connectivity index (χ2n) is 2.41. The Morgan fingerprint density at radius 3 is 2.60 bits per heavy atom. The Hall–Kier alpha value is -0.920. The van der Waals surface area contributed by atoms with Crippen LogP contribution >= 0.6 is 27.5 Å². The monoisotopic (exact) mass is 291 g/mol. The van der Waals surface area contributed by atoms with Crippen molar-refractivity contribution in [3.8, 4) is 6.07 Å². The molecule has 0 heterocycles. The van der Waals surface area contributed by atoms with E-state index in [1.807, 2.05) is 0 Å². The fourth-order valence-electron chi connectivity index (χ4n) is 0.747. The number of alkyl halides is 1. The average Bonchev–Trinajstić information content (AvgIpc) is 2.22. The molecule has 2 nitrogen and oxygen atoms in total. The second kappa shape index (κ2) is 7.38. The van der Waals surface area contributed by atoms with E-state index < -0.39 is 5.82 Å². The molecule has 1 aromatic carbocycles. The van der Waals surface area contributed by atoms with E-state index in [9.17, 15) is 9.18 Å². The summed E-state index contributed by atoms with van der Waals surface area (Å²) in [6.07, 6.45) is 0. The molecule has 0 aliphatic carbocycles. The van der Waals surface area contributed by atoms with Crippen LogP contribution in [0.25, 0.3) is 0 Å². The molecule has 0 amide bonds. The van der Waals surface area contributed by atoms with Crippen molar-refractivity contribution in [2.75, 3.05) is 5.88 Å². The van der Waals surface area contributed by atoms with Gasteiger partial charge in [0.1, 0.15) is 5.82 Å². The van der Waals surface area contributed by atoms with Gasteiger partial charge >= 0.3 is 0 Å². The summed E-state index contributed by atoms with van der Waals surface area (Å²) in [5.74, 6) is -0.852. The van der Waals surface area contributed by atoms with E-state index in [-0.39, 0.29) is 11.7 Å². The second-order valence-corrected chi connectivity index (χ2v) is 3.53. The van der Waals surface area contributed by atoms with Crippen molar-refractivity contribution in [3.63, 3.8) is 0 Å². The number of halogens is 3. The van der Waals surface area contributed by atoms with Gasteiger partial charge in [0.15, 0.2) is 5.78 Å². The van der Waals surface area contributed by atoms with Crippen LogP contribution in [0.2, 0.25) is 0 Å². The molecule has 15 heavy (non-hydrogen) atoms. The Morgan fingerprint density at radius 1 is 1.67 bits per heavy atom. The number of hydrogen-bond donors (Lipinski definition) is 0. The molecule has 0 spiro atoms. The van der Waals surface area contributed by atoms with E-state index in [1.165, 1.54) is 19.1 Å². The highest BCUT2D eigenvalue weighted by atomic mass is 79.9. The maximum absolute atomic E-state index is 12.8. The Bertz CT molecular complexity index is 389. The smallest absolute Gasteiger partial charge is 0.177 e. The largest absolute Gasteiger partial charge is 0.293 e. The third-order valence-corrected chi connectivity index (χ3v) is 2.25. The van der Waals surface area contributed by atoms with Gasteiger partial charge in [-0.1, -0.05) is 6.07 Å². The summed E-state index contributed by atoms with van der Waals surface area (Å²) in [6.45, 7) is 1.43. The predicted octanol–water partition coefficient (Wildman–Crippen LogP) is 3.54. The molecule has 1 aromatic rings. The summed E-state index contributed by atoms with van der Waals surface area (Å²) in [7, 11) is 0. The standard InChI is InChI=1S/C8H5BrClFO.C2H3N/c9-6-2-1-5(3-7(6)11)8(12)4-10;1-2-3/h1-3H,4H2;1H3. The number of rotatable bonds is 2. The van der Waals surface area contributed by atoms with Crippen LogP contribution < -0.4 is 0 Å². The van der Waals surface area contributed by atoms with Crippen LogP contribution in [-0.4, -0.2) is 11.7 Å². The minimum absolute atomic E-state index is 0.124. The van der Waals surface area contributed by atoms with Crippen molar-refractivity contribution in [1.29, 1.82) is 5.26 Å². The van der Waals surface area contributed by atoms with Crippen molar-refractivity contribution in [3.05, 3.63) is 34.1 Å². The van der Waals surface area contributed by atoms with Gasteiger partial charge in [-0.15, -0.1) is 11.6 Å². The fourth-order valence-corrected chi connectivity index (χ4v) is 1.15. The minimum Gasteiger partial charge on any atom is -0.293 e. The molecule has 0 aliphatic heterocycles. The number of carbonyl (C=O) groups excluding carboxylic acids is 1. The third kappa shape index (κ3) is 4.91. The van der Waals surface area contributed by atoms with Crippen LogP contribution in [0.15, 0.2) is 22.7 Å². The predicted molar refractivity (Wildman–Crippen MR) is 60.4 cm³/mol. The van der Waals surface area contributed by atoms with E-state index in [0.717, 1.165) is 6.07 Å². The van der Waals surface area contributed by atoms with Gasteiger partial charge in [-0.05, 0) is 28.1 Å². The summed E-state index contributed by atoms with van der Waals surface area (Å²) in [6, 6.07) is 5.92. The lowest BCUT2D eigenvalue weighted by Gasteiger charge is -1.97. The Labute approximate surface area is 101 Å². The van der Waals surface area contributed by atoms with Gasteiger partial charge in [0.25, 0.3) is 0 Å². The lowest BCUT2D eigenvalue weighted by atomic mass is 10.1. The van der Waals surface area contributed by atoms with E-state index in [0.29, 0.717) is 10.0 Å². The quantitative estimate of drug-likeness (QED) is 0.618. The third-order valence-electron chi connectivity index (χ3n) is 1.36. The van der Waals surface area contributed by atoms with E-state index in [2.05, 4.69) is 15.9 Å². The van der Waals surface area contributed by atoms with Crippen LogP contribution in [-0.2, 0) is 0 Å². The number of benzene rings is 1. The van der Waals surface area contributed by atoms with Crippen LogP contribution in [0.4, 0.5) is 4.39 Å². The Morgan fingerprint density at radius 2 is 2.20 bits per heavy atom. The first-order valence-electron chi connectivity index (χ1n) is 3.91. The van der Waals surface area contributed by atoms with Crippen LogP contribution in [0.1, 0.15) is 17.3 Å². The maximum Gasteiger partial charge on any atom is 0.177 e. The molecule has 0 unspecified atom stereocenters. The Kier molecular flexibility index (Phi) is 6.93. The average molecular weight is 293 g/mol. The molecule has 0 bridgehead atoms. The topological polar surface area (TPSA) is 40.9 Å². The number of ketones is 1. The van der Waals surface area contributed by atoms with E-state index in [4.69, 9.17) is 16.9 Å². The van der Waals surface area contributed by atoms with Crippen molar-refractivity contribution in [2.45, 2.75) is 6.92 Å². The van der Waals surface area contributed by atoms with E-state index in [1.54, 1.807) is 6.07 Å². The highest BCUT2D eigenvalue weighted by Crippen LogP contribution is 2.16. The molecule has 0 atom stereocenters. The van der Waals surface area contributed by atoms with Crippen molar-refractivity contribution >= 4 is 33.3 Å². The number of nitriles is 1. The highest BCUT2D eigenvalue weighted by Gasteiger charge is 2.06. The molecule has 80 valence electrons. The first-order chi connectivity index (χ1) is 7.06. The normalized spacial score (nSPS) is 8.47. The van der Waals surface area contributed by atoms with Crippen molar-refractivity contribution < 1.29 is 9.18 Å². The number of Topliss-reactive ketones (excluding diaryl/α,β-unsaturated/α-hetero) is 1. The van der Waals surface area contributed by atoms with Crippen molar-refractivity contribution in [1.82, 2.24) is 0 Å². The van der Waals surface area contributed by atoms with Crippen LogP contribution in [0.3, 0.4) is 0 Å². The molecule has 0 fully saturated rings. The summed E-state index contributed by atoms with van der Waals surface area (Å²) >= 11 is 8.28. The zero-order chi connectivity index (χ0) is 11.8. The maximum atomic E-state index is 12.8. The molecule has 1 rings (SSSR count). The van der Waals surface area contributed by atoms with Gasteiger partial charge in [-0.2, -0.15) is 5.26 Å². The van der Waals surface area contributed by atoms with Gasteiger partial charge in [-0.3, -0.25) is 4.79 Å². The molecule has 0 N–H and O–H groups in total. The first-order valence-corrected chi connectivity index (χ1v) is 5.24. The van der Waals surface area contributed by atoms with Crippen LogP contribution in [0.5, 0.6) is 0 Å². The fraction of sp³-hybridized carbons (Fsp3) is 0.200. The van der Waals surface area contributed by atoms with Gasteiger partial charge in [0.2, 0.25) is 0 Å². The van der Waals surface area contributed by atoms with E-state index >= 15 is 0 Å². The van der Waals surface area contributed by atoms with Gasteiger partial charge in [0, 0.05) is 12.5 Å².